The molecule has 1 heterocycles. The molecule has 2 atom stereocenters. The van der Waals surface area contributed by atoms with Crippen molar-refractivity contribution in [3.05, 3.63) is 0 Å². The number of hydrogen-bond acceptors (Lipinski definition) is 3. The van der Waals surface area contributed by atoms with Crippen LogP contribution in [-0.2, 0) is 0 Å². The van der Waals surface area contributed by atoms with Gasteiger partial charge in [0.15, 0.2) is 0 Å². The van der Waals surface area contributed by atoms with Gasteiger partial charge in [-0.15, -0.1) is 0 Å². The first-order chi connectivity index (χ1) is 8.97. The molecule has 0 amide bonds. The molecule has 114 valence electrons. The molecule has 1 fully saturated rings. The summed E-state index contributed by atoms with van der Waals surface area (Å²) in [6, 6.07) is 0.641. The summed E-state index contributed by atoms with van der Waals surface area (Å²) in [5.74, 6) is 1.32. The van der Waals surface area contributed by atoms with Crippen molar-refractivity contribution in [3.8, 4) is 0 Å². The van der Waals surface area contributed by atoms with Crippen molar-refractivity contribution in [1.29, 1.82) is 0 Å². The van der Waals surface area contributed by atoms with E-state index in [1.807, 2.05) is 0 Å². The molecule has 0 saturated carbocycles. The Morgan fingerprint density at radius 2 is 2.05 bits per heavy atom. The summed E-state index contributed by atoms with van der Waals surface area (Å²) in [4.78, 5) is 2.68. The van der Waals surface area contributed by atoms with Gasteiger partial charge in [0.05, 0.1) is 0 Å². The lowest BCUT2D eigenvalue weighted by Crippen LogP contribution is -2.45. The van der Waals surface area contributed by atoms with Crippen molar-refractivity contribution in [3.63, 3.8) is 0 Å². The number of nitrogens with one attached hydrogen (secondary N) is 1. The van der Waals surface area contributed by atoms with E-state index in [1.165, 1.54) is 44.6 Å². The molecule has 1 rings (SSSR count). The Bertz CT molecular complexity index is 237. The van der Waals surface area contributed by atoms with Crippen LogP contribution in [-0.4, -0.2) is 48.1 Å². The highest BCUT2D eigenvalue weighted by Gasteiger charge is 2.25. The van der Waals surface area contributed by atoms with Crippen LogP contribution in [0.3, 0.4) is 0 Å². The third-order valence-corrected chi connectivity index (χ3v) is 5.47. The summed E-state index contributed by atoms with van der Waals surface area (Å²) >= 11 is 2.16. The van der Waals surface area contributed by atoms with Crippen molar-refractivity contribution >= 4 is 11.8 Å². The minimum atomic E-state index is 0.365. The summed E-state index contributed by atoms with van der Waals surface area (Å²) in [7, 11) is 0. The van der Waals surface area contributed by atoms with E-state index in [-0.39, 0.29) is 0 Å². The van der Waals surface area contributed by atoms with E-state index in [0.29, 0.717) is 11.5 Å². The van der Waals surface area contributed by atoms with Gasteiger partial charge in [-0.05, 0) is 37.8 Å². The van der Waals surface area contributed by atoms with Gasteiger partial charge in [-0.25, -0.2) is 0 Å². The maximum atomic E-state index is 3.74. The summed E-state index contributed by atoms with van der Waals surface area (Å²) in [5.41, 5.74) is 0.365. The van der Waals surface area contributed by atoms with E-state index in [0.717, 1.165) is 11.8 Å². The zero-order valence-electron chi connectivity index (χ0n) is 13.7. The number of rotatable bonds is 7. The Morgan fingerprint density at radius 3 is 2.63 bits per heavy atom. The van der Waals surface area contributed by atoms with Gasteiger partial charge < -0.3 is 10.2 Å². The predicted molar refractivity (Wildman–Crippen MR) is 89.1 cm³/mol. The first-order valence-electron chi connectivity index (χ1n) is 8.04. The van der Waals surface area contributed by atoms with Gasteiger partial charge in [0.2, 0.25) is 0 Å². The van der Waals surface area contributed by atoms with Crippen LogP contribution in [0.2, 0.25) is 0 Å². The summed E-state index contributed by atoms with van der Waals surface area (Å²) in [6.07, 6.45) is 3.83. The Morgan fingerprint density at radius 1 is 1.32 bits per heavy atom. The molecule has 0 aliphatic carbocycles. The van der Waals surface area contributed by atoms with Gasteiger partial charge in [0, 0.05) is 30.1 Å². The van der Waals surface area contributed by atoms with Crippen LogP contribution in [0.5, 0.6) is 0 Å². The Balaban J connectivity index is 2.38. The van der Waals surface area contributed by atoms with Gasteiger partial charge in [0.1, 0.15) is 0 Å². The van der Waals surface area contributed by atoms with E-state index < -0.39 is 0 Å². The number of hydrogen-bond donors (Lipinski definition) is 1. The molecule has 0 aromatic heterocycles. The van der Waals surface area contributed by atoms with Crippen molar-refractivity contribution < 1.29 is 0 Å². The SMILES string of the molecule is CCCNC(CCN1CCSC(CC)C1)C(C)(C)C. The van der Waals surface area contributed by atoms with Crippen molar-refractivity contribution in [1.82, 2.24) is 10.2 Å². The molecule has 0 spiro atoms. The van der Waals surface area contributed by atoms with Gasteiger partial charge >= 0.3 is 0 Å². The van der Waals surface area contributed by atoms with Crippen LogP contribution < -0.4 is 5.32 Å². The number of nitrogens with zero attached hydrogens (tertiary/aromatic N) is 1. The fourth-order valence-corrected chi connectivity index (χ4v) is 3.95. The fourth-order valence-electron chi connectivity index (χ4n) is 2.70. The Hall–Kier alpha value is 0.270. The predicted octanol–water partition coefficient (Wildman–Crippen LogP) is 3.62. The fraction of sp³-hybridized carbons (Fsp3) is 1.00. The average molecular weight is 287 g/mol. The van der Waals surface area contributed by atoms with Crippen molar-refractivity contribution in [2.24, 2.45) is 5.41 Å². The second-order valence-corrected chi connectivity index (χ2v) is 8.27. The van der Waals surface area contributed by atoms with Crippen LogP contribution >= 0.6 is 11.8 Å². The van der Waals surface area contributed by atoms with Crippen LogP contribution in [0.4, 0.5) is 0 Å². The Kier molecular flexibility index (Phi) is 7.78. The summed E-state index contributed by atoms with van der Waals surface area (Å²) in [6.45, 7) is 16.6. The minimum Gasteiger partial charge on any atom is -0.313 e. The van der Waals surface area contributed by atoms with Gasteiger partial charge in [0.25, 0.3) is 0 Å². The van der Waals surface area contributed by atoms with Crippen LogP contribution in [0.25, 0.3) is 0 Å². The van der Waals surface area contributed by atoms with Crippen LogP contribution in [0.1, 0.15) is 53.9 Å². The normalized spacial score (nSPS) is 23.5. The maximum absolute atomic E-state index is 3.74. The summed E-state index contributed by atoms with van der Waals surface area (Å²) < 4.78 is 0. The van der Waals surface area contributed by atoms with E-state index >= 15 is 0 Å². The van der Waals surface area contributed by atoms with Gasteiger partial charge in [-0.1, -0.05) is 34.6 Å². The molecule has 0 radical (unpaired) electrons. The number of thioether (sulfide) groups is 1. The second-order valence-electron chi connectivity index (χ2n) is 6.86. The average Bonchev–Trinajstić information content (AvgIpc) is 2.37. The molecule has 0 aromatic rings. The molecule has 2 nitrogen and oxygen atoms in total. The molecule has 0 aromatic carbocycles. The molecule has 19 heavy (non-hydrogen) atoms. The smallest absolute Gasteiger partial charge is 0.0172 e. The third kappa shape index (κ3) is 6.50. The molecule has 0 bridgehead atoms. The van der Waals surface area contributed by atoms with Gasteiger partial charge in [-0.3, -0.25) is 0 Å². The minimum absolute atomic E-state index is 0.365. The van der Waals surface area contributed by atoms with Crippen LogP contribution in [0, 0.1) is 5.41 Å². The molecule has 1 aliphatic heterocycles. The van der Waals surface area contributed by atoms with Gasteiger partial charge in [-0.2, -0.15) is 11.8 Å². The molecule has 1 saturated heterocycles. The van der Waals surface area contributed by atoms with Crippen LogP contribution in [0.15, 0.2) is 0 Å². The quantitative estimate of drug-likeness (QED) is 0.769. The lowest BCUT2D eigenvalue weighted by molar-refractivity contribution is 0.206. The molecule has 3 heteroatoms. The molecular formula is C16H34N2S. The Labute approximate surface area is 125 Å². The van der Waals surface area contributed by atoms with Crippen molar-refractivity contribution in [2.45, 2.75) is 65.2 Å². The molecule has 2 unspecified atom stereocenters. The first kappa shape index (κ1) is 17.3. The lowest BCUT2D eigenvalue weighted by atomic mass is 9.84. The first-order valence-corrected chi connectivity index (χ1v) is 9.09. The standard InChI is InChI=1S/C16H34N2S/c1-6-9-17-15(16(3,4)5)8-10-18-11-12-19-14(7-2)13-18/h14-15,17H,6-13H2,1-5H3. The van der Waals surface area contributed by atoms with Crippen molar-refractivity contribution in [2.75, 3.05) is 31.9 Å². The lowest BCUT2D eigenvalue weighted by Gasteiger charge is -2.36. The third-order valence-electron chi connectivity index (χ3n) is 4.10. The molecule has 1 aliphatic rings. The zero-order valence-corrected chi connectivity index (χ0v) is 14.5. The largest absolute Gasteiger partial charge is 0.313 e. The summed E-state index contributed by atoms with van der Waals surface area (Å²) in [5, 5.41) is 4.61. The van der Waals surface area contributed by atoms with E-state index in [1.54, 1.807) is 0 Å². The maximum Gasteiger partial charge on any atom is 0.0172 e. The highest BCUT2D eigenvalue weighted by Crippen LogP contribution is 2.24. The molecular weight excluding hydrogens is 252 g/mol. The highest BCUT2D eigenvalue weighted by molar-refractivity contribution is 8.00. The van der Waals surface area contributed by atoms with E-state index in [9.17, 15) is 0 Å². The second kappa shape index (κ2) is 8.53. The zero-order chi connectivity index (χ0) is 14.3. The van der Waals surface area contributed by atoms with E-state index in [4.69, 9.17) is 0 Å². The topological polar surface area (TPSA) is 15.3 Å². The van der Waals surface area contributed by atoms with E-state index in [2.05, 4.69) is 56.6 Å². The highest BCUT2D eigenvalue weighted by atomic mass is 32.2. The molecule has 1 N–H and O–H groups in total. The monoisotopic (exact) mass is 286 g/mol.